The van der Waals surface area contributed by atoms with Crippen molar-refractivity contribution in [3.8, 4) is 5.69 Å². The highest BCUT2D eigenvalue weighted by atomic mass is 35.5. The number of piperazine rings is 1. The number of amides is 1. The fourth-order valence-electron chi connectivity index (χ4n) is 4.28. The van der Waals surface area contributed by atoms with Crippen molar-refractivity contribution in [3.63, 3.8) is 0 Å². The van der Waals surface area contributed by atoms with Crippen molar-refractivity contribution >= 4 is 23.3 Å². The molecule has 1 aliphatic carbocycles. The van der Waals surface area contributed by atoms with Gasteiger partial charge in [0.1, 0.15) is 5.82 Å². The zero-order valence-electron chi connectivity index (χ0n) is 17.1. The summed E-state index contributed by atoms with van der Waals surface area (Å²) in [7, 11) is 0. The predicted molar refractivity (Wildman–Crippen MR) is 118 cm³/mol. The fraction of sp³-hybridized carbons (Fsp3) is 0.364. The number of nitrogens with one attached hydrogen (secondary N) is 1. The Morgan fingerprint density at radius 3 is 2.48 bits per heavy atom. The first-order valence-electron chi connectivity index (χ1n) is 10.6. The maximum atomic E-state index is 13.0. The first-order chi connectivity index (χ1) is 15.1. The molecule has 160 valence electrons. The van der Waals surface area contributed by atoms with Crippen LogP contribution in [0.4, 0.5) is 5.82 Å². The number of hydrogen-bond donors (Lipinski definition) is 1. The number of benzene rings is 1. The van der Waals surface area contributed by atoms with Gasteiger partial charge in [-0.25, -0.2) is 0 Å². The highest BCUT2D eigenvalue weighted by Crippen LogP contribution is 2.24. The molecule has 0 unspecified atom stereocenters. The summed E-state index contributed by atoms with van der Waals surface area (Å²) in [6.07, 6.45) is 4.14. The Labute approximate surface area is 184 Å². The number of nitrogens with zero attached hydrogens (tertiary/aromatic N) is 5. The van der Waals surface area contributed by atoms with E-state index >= 15 is 0 Å². The SMILES string of the molecule is O=C(c1n[nH]c2c1CCCC2)N1CCN(c2ccc(=O)n(-c3ccc(Cl)cc3)n2)CC1. The van der Waals surface area contributed by atoms with Gasteiger partial charge in [-0.15, -0.1) is 5.10 Å². The number of anilines is 1. The topological polar surface area (TPSA) is 87.1 Å². The van der Waals surface area contributed by atoms with E-state index in [0.717, 1.165) is 36.9 Å². The minimum absolute atomic E-state index is 0.00172. The van der Waals surface area contributed by atoms with Crippen molar-refractivity contribution in [2.24, 2.45) is 0 Å². The van der Waals surface area contributed by atoms with Gasteiger partial charge in [-0.3, -0.25) is 14.7 Å². The van der Waals surface area contributed by atoms with Crippen molar-refractivity contribution in [2.75, 3.05) is 31.1 Å². The zero-order valence-corrected chi connectivity index (χ0v) is 17.8. The molecule has 0 atom stereocenters. The van der Waals surface area contributed by atoms with Gasteiger partial charge in [0.15, 0.2) is 5.69 Å². The van der Waals surface area contributed by atoms with E-state index in [4.69, 9.17) is 11.6 Å². The van der Waals surface area contributed by atoms with Crippen LogP contribution < -0.4 is 10.5 Å². The van der Waals surface area contributed by atoms with E-state index in [0.29, 0.717) is 48.4 Å². The van der Waals surface area contributed by atoms with Crippen LogP contribution in [0.2, 0.25) is 5.02 Å². The fourth-order valence-corrected chi connectivity index (χ4v) is 4.41. The van der Waals surface area contributed by atoms with Gasteiger partial charge in [-0.2, -0.15) is 9.78 Å². The monoisotopic (exact) mass is 438 g/mol. The average molecular weight is 439 g/mol. The van der Waals surface area contributed by atoms with Gasteiger partial charge in [0.2, 0.25) is 0 Å². The molecule has 0 radical (unpaired) electrons. The van der Waals surface area contributed by atoms with E-state index in [-0.39, 0.29) is 11.5 Å². The lowest BCUT2D eigenvalue weighted by Gasteiger charge is -2.35. The van der Waals surface area contributed by atoms with Crippen LogP contribution in [0.5, 0.6) is 0 Å². The lowest BCUT2D eigenvalue weighted by atomic mass is 9.95. The standard InChI is InChI=1S/C22H23ClN6O2/c23-15-5-7-16(8-6-15)29-20(30)10-9-19(26-29)27-11-13-28(14-12-27)22(31)21-17-3-1-2-4-18(17)24-25-21/h5-10H,1-4,11-14H2,(H,24,25). The number of carbonyl (C=O) groups excluding carboxylic acids is 1. The number of halogens is 1. The second kappa shape index (κ2) is 8.19. The number of carbonyl (C=O) groups is 1. The van der Waals surface area contributed by atoms with Crippen LogP contribution in [0.25, 0.3) is 5.69 Å². The second-order valence-corrected chi connectivity index (χ2v) is 8.37. The van der Waals surface area contributed by atoms with Gasteiger partial charge in [0.05, 0.1) is 5.69 Å². The Bertz CT molecular complexity index is 1160. The Morgan fingerprint density at radius 2 is 1.71 bits per heavy atom. The van der Waals surface area contributed by atoms with E-state index < -0.39 is 0 Å². The number of aryl methyl sites for hydroxylation is 1. The third-order valence-corrected chi connectivity index (χ3v) is 6.26. The summed E-state index contributed by atoms with van der Waals surface area (Å²) in [5, 5.41) is 12.5. The van der Waals surface area contributed by atoms with Crippen LogP contribution in [0, 0.1) is 0 Å². The first kappa shape index (κ1) is 19.8. The van der Waals surface area contributed by atoms with Crippen molar-refractivity contribution < 1.29 is 4.79 Å². The Kier molecular flexibility index (Phi) is 5.23. The zero-order chi connectivity index (χ0) is 21.4. The normalized spacial score (nSPS) is 16.3. The summed E-state index contributed by atoms with van der Waals surface area (Å²) in [6.45, 7) is 2.46. The number of hydrogen-bond acceptors (Lipinski definition) is 5. The lowest BCUT2D eigenvalue weighted by molar-refractivity contribution is 0.0739. The van der Waals surface area contributed by atoms with E-state index in [1.54, 1.807) is 30.3 Å². The average Bonchev–Trinajstić information content (AvgIpc) is 3.24. The summed E-state index contributed by atoms with van der Waals surface area (Å²) in [5.74, 6) is 0.706. The molecule has 9 heteroatoms. The quantitative estimate of drug-likeness (QED) is 0.678. The number of aromatic nitrogens is 4. The number of fused-ring (bicyclic) bond motifs is 1. The highest BCUT2D eigenvalue weighted by molar-refractivity contribution is 6.30. The molecule has 8 nitrogen and oxygen atoms in total. The molecule has 1 fully saturated rings. The smallest absolute Gasteiger partial charge is 0.274 e. The molecule has 3 aromatic rings. The molecule has 1 aliphatic heterocycles. The summed E-state index contributed by atoms with van der Waals surface area (Å²) in [4.78, 5) is 29.3. The van der Waals surface area contributed by atoms with Gasteiger partial charge < -0.3 is 9.80 Å². The summed E-state index contributed by atoms with van der Waals surface area (Å²) >= 11 is 5.95. The summed E-state index contributed by atoms with van der Waals surface area (Å²) < 4.78 is 1.37. The van der Waals surface area contributed by atoms with E-state index in [1.165, 1.54) is 10.7 Å². The third kappa shape index (κ3) is 3.83. The van der Waals surface area contributed by atoms with E-state index in [1.807, 2.05) is 4.90 Å². The largest absolute Gasteiger partial charge is 0.352 e. The van der Waals surface area contributed by atoms with Gasteiger partial charge in [0, 0.05) is 48.5 Å². The van der Waals surface area contributed by atoms with Gasteiger partial charge >= 0.3 is 0 Å². The lowest BCUT2D eigenvalue weighted by Crippen LogP contribution is -2.49. The Hall–Kier alpha value is -3.13. The first-order valence-corrected chi connectivity index (χ1v) is 10.9. The van der Waals surface area contributed by atoms with E-state index in [2.05, 4.69) is 20.2 Å². The molecule has 0 saturated carbocycles. The highest BCUT2D eigenvalue weighted by Gasteiger charge is 2.28. The maximum absolute atomic E-state index is 13.0. The van der Waals surface area contributed by atoms with Gasteiger partial charge in [-0.1, -0.05) is 11.6 Å². The number of H-pyrrole nitrogens is 1. The molecule has 2 aromatic heterocycles. The van der Waals surface area contributed by atoms with E-state index in [9.17, 15) is 9.59 Å². The maximum Gasteiger partial charge on any atom is 0.274 e. The second-order valence-electron chi connectivity index (χ2n) is 7.93. The molecule has 2 aliphatic rings. The van der Waals surface area contributed by atoms with Crippen LogP contribution in [-0.2, 0) is 12.8 Å². The molecular formula is C22H23ClN6O2. The summed E-state index contributed by atoms with van der Waals surface area (Å²) in [6, 6.07) is 10.2. The van der Waals surface area contributed by atoms with Crippen LogP contribution in [-0.4, -0.2) is 57.0 Å². The van der Waals surface area contributed by atoms with Crippen LogP contribution in [0.15, 0.2) is 41.2 Å². The molecule has 1 saturated heterocycles. The van der Waals surface area contributed by atoms with Gasteiger partial charge in [-0.05, 0) is 56.0 Å². The Balaban J connectivity index is 1.30. The van der Waals surface area contributed by atoms with Crippen molar-refractivity contribution in [2.45, 2.75) is 25.7 Å². The molecule has 31 heavy (non-hydrogen) atoms. The van der Waals surface area contributed by atoms with Crippen LogP contribution >= 0.6 is 11.6 Å². The Morgan fingerprint density at radius 1 is 0.968 bits per heavy atom. The molecule has 1 aromatic carbocycles. The molecule has 1 amide bonds. The summed E-state index contributed by atoms with van der Waals surface area (Å²) in [5.41, 5.74) is 3.24. The van der Waals surface area contributed by atoms with Crippen molar-refractivity contribution in [1.29, 1.82) is 0 Å². The molecule has 1 N–H and O–H groups in total. The van der Waals surface area contributed by atoms with Crippen molar-refractivity contribution in [3.05, 3.63) is 68.7 Å². The number of rotatable bonds is 3. The molecular weight excluding hydrogens is 416 g/mol. The minimum atomic E-state index is -0.205. The predicted octanol–water partition coefficient (Wildman–Crippen LogP) is 2.45. The molecule has 0 bridgehead atoms. The van der Waals surface area contributed by atoms with Crippen LogP contribution in [0.1, 0.15) is 34.6 Å². The molecule has 5 rings (SSSR count). The minimum Gasteiger partial charge on any atom is -0.352 e. The molecule has 3 heterocycles. The third-order valence-electron chi connectivity index (χ3n) is 6.01. The molecule has 0 spiro atoms. The van der Waals surface area contributed by atoms with Crippen LogP contribution in [0.3, 0.4) is 0 Å². The van der Waals surface area contributed by atoms with Crippen molar-refractivity contribution in [1.82, 2.24) is 24.9 Å². The number of aromatic amines is 1. The van der Waals surface area contributed by atoms with Gasteiger partial charge in [0.25, 0.3) is 11.5 Å².